The maximum atomic E-state index is 12.0. The van der Waals surface area contributed by atoms with Gasteiger partial charge in [-0.3, -0.25) is 4.79 Å². The van der Waals surface area contributed by atoms with Crippen LogP contribution in [0, 0.1) is 0 Å². The largest absolute Gasteiger partial charge is 0.511 e. The Morgan fingerprint density at radius 3 is 1.36 bits per heavy atom. The molecule has 0 aliphatic heterocycles. The molecule has 0 saturated heterocycles. The molecule has 0 atom stereocenters. The van der Waals surface area contributed by atoms with Crippen LogP contribution in [0.3, 0.4) is 0 Å². The molecule has 0 amide bonds. The highest BCUT2D eigenvalue weighted by molar-refractivity contribution is 8.14. The molecule has 0 aliphatic rings. The molecule has 4 nitrogen and oxygen atoms in total. The number of hydrogen-bond acceptors (Lipinski definition) is 5. The first-order valence-electron chi connectivity index (χ1n) is 11.4. The molecule has 0 spiro atoms. The SMILES string of the molecule is CCCCCCCCCCCCCCCCCC(=O)SC[Si](OC)(OC)OC. The van der Waals surface area contributed by atoms with Gasteiger partial charge in [0.15, 0.2) is 5.12 Å². The predicted molar refractivity (Wildman–Crippen MR) is 124 cm³/mol. The molecule has 0 unspecified atom stereocenters. The first-order valence-corrected chi connectivity index (χ1v) is 14.4. The fourth-order valence-electron chi connectivity index (χ4n) is 3.31. The predicted octanol–water partition coefficient (Wildman–Crippen LogP) is 6.93. The van der Waals surface area contributed by atoms with Crippen LogP contribution in [-0.2, 0) is 18.1 Å². The first kappa shape index (κ1) is 28.1. The van der Waals surface area contributed by atoms with Gasteiger partial charge in [-0.25, -0.2) is 0 Å². The Morgan fingerprint density at radius 1 is 0.643 bits per heavy atom. The van der Waals surface area contributed by atoms with Gasteiger partial charge in [0, 0.05) is 27.8 Å². The fraction of sp³-hybridized carbons (Fsp3) is 0.955. The van der Waals surface area contributed by atoms with Gasteiger partial charge in [0.05, 0.1) is 5.38 Å². The quantitative estimate of drug-likeness (QED) is 0.145. The van der Waals surface area contributed by atoms with Crippen LogP contribution in [0.2, 0.25) is 0 Å². The summed E-state index contributed by atoms with van der Waals surface area (Å²) in [7, 11) is 2.12. The number of hydrogen-bond donors (Lipinski definition) is 0. The second-order valence-corrected chi connectivity index (χ2v) is 12.1. The number of carbonyl (C=O) groups excluding carboxylic acids is 1. The van der Waals surface area contributed by atoms with E-state index < -0.39 is 8.80 Å². The van der Waals surface area contributed by atoms with Crippen molar-refractivity contribution in [3.8, 4) is 0 Å². The summed E-state index contributed by atoms with van der Waals surface area (Å²) in [5.74, 6) is 0. The molecule has 0 aromatic rings. The Labute approximate surface area is 180 Å². The van der Waals surface area contributed by atoms with Gasteiger partial charge in [0.25, 0.3) is 0 Å². The van der Waals surface area contributed by atoms with Gasteiger partial charge < -0.3 is 13.3 Å². The summed E-state index contributed by atoms with van der Waals surface area (Å²) in [5.41, 5.74) is 0. The number of carbonyl (C=O) groups is 1. The first-order chi connectivity index (χ1) is 13.6. The standard InChI is InChI=1S/C22H46O4SSi/c1-5-6-7-8-9-10-11-12-13-14-15-16-17-18-19-20-22(23)27-21-28(24-2,25-3)26-4/h5-21H2,1-4H3. The second kappa shape index (κ2) is 20.4. The molecular weight excluding hydrogens is 388 g/mol. The minimum atomic E-state index is -2.63. The van der Waals surface area contributed by atoms with Gasteiger partial charge in [-0.1, -0.05) is 109 Å². The molecule has 0 heterocycles. The van der Waals surface area contributed by atoms with Crippen molar-refractivity contribution >= 4 is 25.7 Å². The minimum absolute atomic E-state index is 0.220. The van der Waals surface area contributed by atoms with Crippen LogP contribution in [0.15, 0.2) is 0 Å². The van der Waals surface area contributed by atoms with E-state index in [1.165, 1.54) is 95.2 Å². The summed E-state index contributed by atoms with van der Waals surface area (Å²) in [6.07, 6.45) is 20.8. The topological polar surface area (TPSA) is 44.8 Å². The van der Waals surface area contributed by atoms with Gasteiger partial charge in [-0.2, -0.15) is 0 Å². The van der Waals surface area contributed by atoms with Crippen LogP contribution >= 0.6 is 11.8 Å². The maximum Gasteiger partial charge on any atom is 0.511 e. The third kappa shape index (κ3) is 16.0. The van der Waals surface area contributed by atoms with Crippen molar-refractivity contribution in [3.63, 3.8) is 0 Å². The van der Waals surface area contributed by atoms with E-state index in [9.17, 15) is 4.79 Å². The van der Waals surface area contributed by atoms with E-state index >= 15 is 0 Å². The van der Waals surface area contributed by atoms with E-state index in [1.807, 2.05) is 0 Å². The van der Waals surface area contributed by atoms with Crippen molar-refractivity contribution in [2.75, 3.05) is 26.7 Å². The van der Waals surface area contributed by atoms with Crippen LogP contribution in [0.1, 0.15) is 110 Å². The van der Waals surface area contributed by atoms with Crippen LogP contribution in [-0.4, -0.2) is 40.6 Å². The molecule has 0 saturated carbocycles. The molecule has 0 radical (unpaired) electrons. The Bertz CT molecular complexity index is 343. The van der Waals surface area contributed by atoms with Crippen molar-refractivity contribution in [3.05, 3.63) is 0 Å². The summed E-state index contributed by atoms with van der Waals surface area (Å²) in [6, 6.07) is 0. The van der Waals surface area contributed by atoms with Crippen LogP contribution in [0.4, 0.5) is 0 Å². The van der Waals surface area contributed by atoms with Gasteiger partial charge >= 0.3 is 8.80 Å². The molecule has 0 aromatic heterocycles. The zero-order valence-electron chi connectivity index (χ0n) is 19.1. The van der Waals surface area contributed by atoms with Gasteiger partial charge in [0.2, 0.25) is 0 Å². The Balaban J connectivity index is 3.36. The second-order valence-electron chi connectivity index (χ2n) is 7.66. The van der Waals surface area contributed by atoms with E-state index in [0.29, 0.717) is 11.8 Å². The van der Waals surface area contributed by atoms with Crippen LogP contribution in [0.25, 0.3) is 0 Å². The highest BCUT2D eigenvalue weighted by Crippen LogP contribution is 2.18. The van der Waals surface area contributed by atoms with Gasteiger partial charge in [-0.05, 0) is 6.42 Å². The van der Waals surface area contributed by atoms with Crippen molar-refractivity contribution in [2.24, 2.45) is 0 Å². The number of rotatable bonds is 21. The molecule has 28 heavy (non-hydrogen) atoms. The molecule has 168 valence electrons. The summed E-state index contributed by atoms with van der Waals surface area (Å²) in [4.78, 5) is 12.0. The lowest BCUT2D eigenvalue weighted by atomic mass is 10.0. The van der Waals surface area contributed by atoms with Crippen molar-refractivity contribution < 1.29 is 18.1 Å². The molecule has 0 aliphatic carbocycles. The summed E-state index contributed by atoms with van der Waals surface area (Å²) in [5, 5.41) is 0.714. The lowest BCUT2D eigenvalue weighted by Gasteiger charge is -2.23. The smallest absolute Gasteiger partial charge is 0.376 e. The molecular formula is C22H46O4SSi. The average molecular weight is 435 g/mol. The number of thioether (sulfide) groups is 1. The van der Waals surface area contributed by atoms with Crippen LogP contribution in [0.5, 0.6) is 0 Å². The minimum Gasteiger partial charge on any atom is -0.376 e. The van der Waals surface area contributed by atoms with E-state index in [1.54, 1.807) is 21.3 Å². The molecule has 6 heteroatoms. The van der Waals surface area contributed by atoms with E-state index in [0.717, 1.165) is 12.8 Å². The Morgan fingerprint density at radius 2 is 1.00 bits per heavy atom. The third-order valence-corrected chi connectivity index (χ3v) is 9.71. The fourth-order valence-corrected chi connectivity index (χ4v) is 6.86. The highest BCUT2D eigenvalue weighted by atomic mass is 32.2. The zero-order chi connectivity index (χ0) is 20.9. The Kier molecular flexibility index (Phi) is 20.5. The van der Waals surface area contributed by atoms with Crippen molar-refractivity contribution in [2.45, 2.75) is 110 Å². The molecule has 0 rings (SSSR count). The van der Waals surface area contributed by atoms with Gasteiger partial charge in [-0.15, -0.1) is 0 Å². The maximum absolute atomic E-state index is 12.0. The number of unbranched alkanes of at least 4 members (excludes halogenated alkanes) is 14. The summed E-state index contributed by atoms with van der Waals surface area (Å²) < 4.78 is 16.0. The summed E-state index contributed by atoms with van der Waals surface area (Å²) in [6.45, 7) is 2.28. The average Bonchev–Trinajstić information content (AvgIpc) is 2.72. The van der Waals surface area contributed by atoms with E-state index in [4.69, 9.17) is 13.3 Å². The highest BCUT2D eigenvalue weighted by Gasteiger charge is 2.38. The van der Waals surface area contributed by atoms with Crippen molar-refractivity contribution in [1.82, 2.24) is 0 Å². The molecule has 0 bridgehead atoms. The zero-order valence-corrected chi connectivity index (χ0v) is 20.9. The van der Waals surface area contributed by atoms with E-state index in [2.05, 4.69) is 6.92 Å². The van der Waals surface area contributed by atoms with Crippen LogP contribution < -0.4 is 0 Å². The molecule has 0 fully saturated rings. The monoisotopic (exact) mass is 434 g/mol. The van der Waals surface area contributed by atoms with Crippen molar-refractivity contribution in [1.29, 1.82) is 0 Å². The Hall–Kier alpha value is 0.117. The molecule has 0 aromatic carbocycles. The molecule has 0 N–H and O–H groups in total. The normalized spacial score (nSPS) is 11.9. The lowest BCUT2D eigenvalue weighted by Crippen LogP contribution is -2.46. The lowest BCUT2D eigenvalue weighted by molar-refractivity contribution is -0.111. The summed E-state index contributed by atoms with van der Waals surface area (Å²) >= 11 is 1.29. The third-order valence-electron chi connectivity index (χ3n) is 5.33. The van der Waals surface area contributed by atoms with E-state index in [-0.39, 0.29) is 5.12 Å². The van der Waals surface area contributed by atoms with Gasteiger partial charge in [0.1, 0.15) is 0 Å².